The van der Waals surface area contributed by atoms with Crippen molar-refractivity contribution in [1.29, 1.82) is 0 Å². The second-order valence-electron chi connectivity index (χ2n) is 12.4. The van der Waals surface area contributed by atoms with E-state index >= 15 is 0 Å². The van der Waals surface area contributed by atoms with Crippen molar-refractivity contribution in [2.24, 2.45) is 0 Å². The molecule has 0 bridgehead atoms. The van der Waals surface area contributed by atoms with Crippen molar-refractivity contribution in [3.05, 3.63) is 119 Å². The Morgan fingerprint density at radius 1 is 0.780 bits per heavy atom. The maximum absolute atomic E-state index is 13.7. The molecule has 2 amide bonds. The lowest BCUT2D eigenvalue weighted by atomic mass is 9.73. The van der Waals surface area contributed by atoms with Crippen molar-refractivity contribution in [3.63, 3.8) is 0 Å². The lowest BCUT2D eigenvalue weighted by Crippen LogP contribution is -2.47. The van der Waals surface area contributed by atoms with Crippen LogP contribution < -0.4 is 10.6 Å². The van der Waals surface area contributed by atoms with Gasteiger partial charge in [0.05, 0.1) is 18.2 Å². The molecule has 5 nitrogen and oxygen atoms in total. The van der Waals surface area contributed by atoms with Crippen LogP contribution in [0.15, 0.2) is 97.1 Å². The van der Waals surface area contributed by atoms with Crippen molar-refractivity contribution in [3.8, 4) is 22.3 Å². The lowest BCUT2D eigenvalue weighted by molar-refractivity contribution is -0.141. The number of halogens is 6. The molecule has 1 aliphatic heterocycles. The van der Waals surface area contributed by atoms with Gasteiger partial charge in [-0.15, -0.1) is 11.8 Å². The highest BCUT2D eigenvalue weighted by atomic mass is 32.2. The first kappa shape index (κ1) is 35.5. The van der Waals surface area contributed by atoms with Gasteiger partial charge in [0.25, 0.3) is 5.91 Å². The third kappa shape index (κ3) is 7.56. The molecule has 1 aliphatic carbocycles. The van der Waals surface area contributed by atoms with E-state index in [1.807, 2.05) is 36.4 Å². The first-order valence-electron chi connectivity index (χ1n) is 16.2. The van der Waals surface area contributed by atoms with Crippen LogP contribution in [0.2, 0.25) is 0 Å². The lowest BCUT2D eigenvalue weighted by Gasteiger charge is -2.32. The molecule has 1 heterocycles. The monoisotopic (exact) mass is 712 g/mol. The van der Waals surface area contributed by atoms with Gasteiger partial charge in [-0.25, -0.2) is 0 Å². The summed E-state index contributed by atoms with van der Waals surface area (Å²) in [5, 5.41) is 5.14. The van der Waals surface area contributed by atoms with Crippen LogP contribution in [-0.2, 0) is 21.1 Å². The molecule has 2 atom stereocenters. The molecule has 4 aromatic carbocycles. The van der Waals surface area contributed by atoms with Gasteiger partial charge < -0.3 is 15.4 Å². The van der Waals surface area contributed by atoms with E-state index in [0.717, 1.165) is 23.3 Å². The van der Waals surface area contributed by atoms with Crippen molar-refractivity contribution in [1.82, 2.24) is 10.6 Å². The Labute approximate surface area is 289 Å². The normalized spacial score (nSPS) is 18.2. The van der Waals surface area contributed by atoms with Gasteiger partial charge in [0.1, 0.15) is 17.4 Å². The number of alkyl halides is 6. The van der Waals surface area contributed by atoms with Gasteiger partial charge in [0.15, 0.2) is 0 Å². The molecule has 0 aromatic heterocycles. The molecule has 12 heteroatoms. The maximum atomic E-state index is 13.7. The molecule has 0 saturated carbocycles. The molecule has 262 valence electrons. The predicted molar refractivity (Wildman–Crippen MR) is 181 cm³/mol. The number of benzene rings is 4. The summed E-state index contributed by atoms with van der Waals surface area (Å²) >= 11 is 1.54. The molecule has 50 heavy (non-hydrogen) atoms. The van der Waals surface area contributed by atoms with Crippen LogP contribution in [-0.4, -0.2) is 48.4 Å². The highest BCUT2D eigenvalue weighted by Crippen LogP contribution is 2.51. The number of fused-ring (bicyclic) bond motifs is 3. The summed E-state index contributed by atoms with van der Waals surface area (Å²) in [6.07, 6.45) is -6.82. The van der Waals surface area contributed by atoms with Crippen LogP contribution >= 0.6 is 11.8 Å². The van der Waals surface area contributed by atoms with Crippen molar-refractivity contribution < 1.29 is 40.7 Å². The molecule has 4 aromatic rings. The van der Waals surface area contributed by atoms with Gasteiger partial charge in [0, 0.05) is 11.3 Å². The van der Waals surface area contributed by atoms with E-state index in [1.165, 1.54) is 12.1 Å². The number of ether oxygens (including phenoxy) is 1. The molecule has 2 unspecified atom stereocenters. The van der Waals surface area contributed by atoms with Gasteiger partial charge in [0.2, 0.25) is 5.91 Å². The van der Waals surface area contributed by atoms with Crippen LogP contribution in [0.5, 0.6) is 0 Å². The molecule has 2 aliphatic rings. The topological polar surface area (TPSA) is 67.4 Å². The standard InChI is InChI=1S/C38H34F6N2O3S/c39-37(40,41)23-45-35(48)36(31-13-5-3-10-28(31)29-11-4-6-14-32(29)36)20-8-7-15-33-49-21-26(22-50-33)46-34(47)30-12-2-1-9-27(30)24-16-18-25(19-17-24)38(42,43)44/h1-6,9-14,16-19,26,33H,7-8,15,20-23H2,(H,45,48)(H,46,47). The first-order valence-corrected chi connectivity index (χ1v) is 17.3. The summed E-state index contributed by atoms with van der Waals surface area (Å²) in [7, 11) is 0. The summed E-state index contributed by atoms with van der Waals surface area (Å²) in [6, 6.07) is 25.8. The van der Waals surface area contributed by atoms with E-state index in [0.29, 0.717) is 59.3 Å². The number of carbonyl (C=O) groups excluding carboxylic acids is 2. The number of thioether (sulfide) groups is 1. The van der Waals surface area contributed by atoms with E-state index < -0.39 is 35.8 Å². The third-order valence-electron chi connectivity index (χ3n) is 9.14. The van der Waals surface area contributed by atoms with Gasteiger partial charge in [-0.1, -0.05) is 85.3 Å². The number of amides is 2. The number of rotatable bonds is 10. The van der Waals surface area contributed by atoms with Gasteiger partial charge >= 0.3 is 12.4 Å². The molecular weight excluding hydrogens is 678 g/mol. The number of nitrogens with one attached hydrogen (secondary N) is 2. The van der Waals surface area contributed by atoms with E-state index in [-0.39, 0.29) is 24.0 Å². The minimum absolute atomic E-state index is 0.166. The van der Waals surface area contributed by atoms with Gasteiger partial charge in [-0.05, 0) is 70.8 Å². The Morgan fingerprint density at radius 2 is 1.38 bits per heavy atom. The summed E-state index contributed by atoms with van der Waals surface area (Å²) in [6.45, 7) is -1.15. The van der Waals surface area contributed by atoms with E-state index in [4.69, 9.17) is 4.74 Å². The fourth-order valence-corrected chi connectivity index (χ4v) is 7.95. The number of unbranched alkanes of at least 4 members (excludes halogenated alkanes) is 1. The first-order chi connectivity index (χ1) is 23.9. The zero-order valence-electron chi connectivity index (χ0n) is 26.7. The fraction of sp³-hybridized carbons (Fsp3) is 0.316. The zero-order valence-corrected chi connectivity index (χ0v) is 27.6. The summed E-state index contributed by atoms with van der Waals surface area (Å²) in [5.74, 6) is -0.461. The van der Waals surface area contributed by atoms with Crippen LogP contribution in [0.1, 0.15) is 52.7 Å². The average Bonchev–Trinajstić information content (AvgIpc) is 3.39. The van der Waals surface area contributed by atoms with Crippen LogP contribution in [0.25, 0.3) is 22.3 Å². The molecule has 1 saturated heterocycles. The van der Waals surface area contributed by atoms with Crippen molar-refractivity contribution in [2.75, 3.05) is 18.9 Å². The maximum Gasteiger partial charge on any atom is 0.416 e. The molecule has 1 fully saturated rings. The second-order valence-corrected chi connectivity index (χ2v) is 13.6. The minimum atomic E-state index is -4.54. The minimum Gasteiger partial charge on any atom is -0.365 e. The summed E-state index contributed by atoms with van der Waals surface area (Å²) in [5.41, 5.74) is 2.21. The molecule has 0 spiro atoms. The average molecular weight is 713 g/mol. The smallest absolute Gasteiger partial charge is 0.365 e. The van der Waals surface area contributed by atoms with Gasteiger partial charge in [-0.2, -0.15) is 26.3 Å². The van der Waals surface area contributed by atoms with Crippen LogP contribution in [0.4, 0.5) is 26.3 Å². The second kappa shape index (κ2) is 14.5. The number of hydrogen-bond acceptors (Lipinski definition) is 4. The predicted octanol–water partition coefficient (Wildman–Crippen LogP) is 8.77. The molecule has 6 rings (SSSR count). The molecule has 2 N–H and O–H groups in total. The SMILES string of the molecule is O=C(NC1COC(CCCCC2(C(=O)NCC(F)(F)F)c3ccccc3-c3ccccc32)SC1)c1ccccc1-c1ccc(C(F)(F)F)cc1. The highest BCUT2D eigenvalue weighted by Gasteiger charge is 2.49. The Hall–Kier alpha value is -4.29. The fourth-order valence-electron chi connectivity index (χ4n) is 6.81. The van der Waals surface area contributed by atoms with Crippen LogP contribution in [0.3, 0.4) is 0 Å². The van der Waals surface area contributed by atoms with E-state index in [9.17, 15) is 35.9 Å². The van der Waals surface area contributed by atoms with E-state index in [2.05, 4.69) is 10.6 Å². The largest absolute Gasteiger partial charge is 0.416 e. The Balaban J connectivity index is 1.05. The Bertz CT molecular complexity index is 1790. The van der Waals surface area contributed by atoms with Gasteiger partial charge in [-0.3, -0.25) is 9.59 Å². The van der Waals surface area contributed by atoms with Crippen molar-refractivity contribution >= 4 is 23.6 Å². The quantitative estimate of drug-likeness (QED) is 0.128. The molecule has 0 radical (unpaired) electrons. The summed E-state index contributed by atoms with van der Waals surface area (Å²) in [4.78, 5) is 27.0. The number of hydrogen-bond donors (Lipinski definition) is 2. The molecular formula is C38H34F6N2O3S. The Morgan fingerprint density at radius 3 is 1.96 bits per heavy atom. The zero-order chi connectivity index (χ0) is 35.5. The van der Waals surface area contributed by atoms with E-state index in [1.54, 1.807) is 48.2 Å². The Kier molecular flexibility index (Phi) is 10.3. The number of carbonyl (C=O) groups is 2. The highest BCUT2D eigenvalue weighted by molar-refractivity contribution is 7.99. The van der Waals surface area contributed by atoms with Crippen molar-refractivity contribution in [2.45, 2.75) is 54.9 Å². The summed E-state index contributed by atoms with van der Waals surface area (Å²) < 4.78 is 84.7. The third-order valence-corrected chi connectivity index (χ3v) is 10.5. The van der Waals surface area contributed by atoms with Crippen LogP contribution in [0, 0.1) is 0 Å².